The normalized spacial score (nSPS) is 11.3. The number of rotatable bonds is 2. The second-order valence-electron chi connectivity index (χ2n) is 3.25. The van der Waals surface area contributed by atoms with Gasteiger partial charge in [-0.15, -0.1) is 0 Å². The first-order valence-corrected chi connectivity index (χ1v) is 4.51. The van der Waals surface area contributed by atoms with E-state index in [-0.39, 0.29) is 0 Å². The fraction of sp³-hybridized carbons (Fsp3) is 0.200. The van der Waals surface area contributed by atoms with Crippen LogP contribution in [0.25, 0.3) is 12.2 Å². The molecule has 2 aromatic rings. The Morgan fingerprint density at radius 3 is 1.64 bits per heavy atom. The van der Waals surface area contributed by atoms with Crippen molar-refractivity contribution in [3.8, 4) is 0 Å². The highest BCUT2D eigenvalue weighted by atomic mass is 15.0. The van der Waals surface area contributed by atoms with Gasteiger partial charge in [0.2, 0.25) is 0 Å². The van der Waals surface area contributed by atoms with E-state index in [2.05, 4.69) is 9.97 Å². The molecule has 2 N–H and O–H groups in total. The third-order valence-corrected chi connectivity index (χ3v) is 2.22. The topological polar surface area (TPSA) is 39.3 Å². The SMILES string of the molecule is C[n+]1cc[nH]c1/C=C/c1[nH]cc[n+]1C. The van der Waals surface area contributed by atoms with Crippen LogP contribution in [0, 0.1) is 0 Å². The molecule has 0 unspecified atom stereocenters. The number of imidazole rings is 2. The predicted octanol–water partition coefficient (Wildman–Crippen LogP) is 0.162. The van der Waals surface area contributed by atoms with E-state index in [0.29, 0.717) is 0 Å². The van der Waals surface area contributed by atoms with Gasteiger partial charge in [0, 0.05) is 12.2 Å². The Morgan fingerprint density at radius 2 is 1.36 bits per heavy atom. The summed E-state index contributed by atoms with van der Waals surface area (Å²) in [5.41, 5.74) is 0. The van der Waals surface area contributed by atoms with E-state index in [1.165, 1.54) is 0 Å². The lowest BCUT2D eigenvalue weighted by Gasteiger charge is -1.85. The summed E-state index contributed by atoms with van der Waals surface area (Å²) in [6.07, 6.45) is 11.9. The highest BCUT2D eigenvalue weighted by Crippen LogP contribution is 1.95. The molecule has 0 aliphatic carbocycles. The van der Waals surface area contributed by atoms with E-state index in [1.54, 1.807) is 0 Å². The molecule has 0 saturated heterocycles. The Morgan fingerprint density at radius 1 is 0.929 bits per heavy atom. The molecule has 2 heterocycles. The van der Waals surface area contributed by atoms with E-state index in [4.69, 9.17) is 0 Å². The molecule has 2 rings (SSSR count). The number of aromatic nitrogens is 4. The third kappa shape index (κ3) is 1.59. The van der Waals surface area contributed by atoms with E-state index in [1.807, 2.05) is 60.2 Å². The summed E-state index contributed by atoms with van der Waals surface area (Å²) >= 11 is 0. The van der Waals surface area contributed by atoms with Gasteiger partial charge in [0.25, 0.3) is 11.6 Å². The Bertz CT molecular complexity index is 408. The van der Waals surface area contributed by atoms with Crippen molar-refractivity contribution >= 4 is 12.2 Å². The fourth-order valence-corrected chi connectivity index (χ4v) is 1.32. The highest BCUT2D eigenvalue weighted by Gasteiger charge is 2.04. The number of nitrogens with one attached hydrogen (secondary N) is 2. The van der Waals surface area contributed by atoms with Crippen LogP contribution in [0.1, 0.15) is 11.6 Å². The lowest BCUT2D eigenvalue weighted by atomic mass is 10.4. The summed E-state index contributed by atoms with van der Waals surface area (Å²) < 4.78 is 4.05. The maximum Gasteiger partial charge on any atom is 0.279 e. The molecule has 0 fully saturated rings. The van der Waals surface area contributed by atoms with Crippen LogP contribution >= 0.6 is 0 Å². The molecule has 2 aromatic heterocycles. The zero-order chi connectivity index (χ0) is 9.97. The van der Waals surface area contributed by atoms with Gasteiger partial charge >= 0.3 is 0 Å². The Balaban J connectivity index is 2.23. The van der Waals surface area contributed by atoms with E-state index >= 15 is 0 Å². The molecule has 0 spiro atoms. The lowest BCUT2D eigenvalue weighted by Crippen LogP contribution is -2.29. The first kappa shape index (κ1) is 8.74. The minimum Gasteiger partial charge on any atom is -0.244 e. The maximum atomic E-state index is 3.14. The number of hydrogen-bond acceptors (Lipinski definition) is 0. The van der Waals surface area contributed by atoms with Crippen molar-refractivity contribution in [2.75, 3.05) is 0 Å². The quantitative estimate of drug-likeness (QED) is 0.633. The molecule has 0 amide bonds. The standard InChI is InChI=1S/C10H12N4/c1-13-7-5-11-9(13)3-4-10-12-6-8-14(10)2/h3-8H,1-2H3/p+2/b4-3+. The predicted molar refractivity (Wildman–Crippen MR) is 52.9 cm³/mol. The minimum atomic E-state index is 1.07. The van der Waals surface area contributed by atoms with Crippen LogP contribution in [0.2, 0.25) is 0 Å². The van der Waals surface area contributed by atoms with Crippen molar-refractivity contribution in [1.29, 1.82) is 0 Å². The van der Waals surface area contributed by atoms with Crippen molar-refractivity contribution in [2.24, 2.45) is 14.1 Å². The van der Waals surface area contributed by atoms with Gasteiger partial charge in [0.05, 0.1) is 14.1 Å². The molecular formula is C10H14N4+2. The molecule has 4 heteroatoms. The molecular weight excluding hydrogens is 176 g/mol. The third-order valence-electron chi connectivity index (χ3n) is 2.22. The molecule has 72 valence electrons. The number of aryl methyl sites for hydroxylation is 2. The largest absolute Gasteiger partial charge is 0.279 e. The van der Waals surface area contributed by atoms with Gasteiger partial charge in [0.15, 0.2) is 0 Å². The number of hydrogen-bond donors (Lipinski definition) is 2. The summed E-state index contributed by atoms with van der Waals surface area (Å²) in [6.45, 7) is 0. The van der Waals surface area contributed by atoms with E-state index in [0.717, 1.165) is 11.6 Å². The van der Waals surface area contributed by atoms with E-state index < -0.39 is 0 Å². The Kier molecular flexibility index (Phi) is 2.18. The minimum absolute atomic E-state index is 1.07. The summed E-state index contributed by atoms with van der Waals surface area (Å²) in [5.74, 6) is 2.14. The lowest BCUT2D eigenvalue weighted by molar-refractivity contribution is -0.673. The van der Waals surface area contributed by atoms with Gasteiger partial charge < -0.3 is 0 Å². The van der Waals surface area contributed by atoms with Crippen LogP contribution in [0.4, 0.5) is 0 Å². The maximum absolute atomic E-state index is 3.14. The molecule has 0 radical (unpaired) electrons. The van der Waals surface area contributed by atoms with Crippen LogP contribution in [0.15, 0.2) is 24.8 Å². The van der Waals surface area contributed by atoms with Gasteiger partial charge in [-0.05, 0) is 0 Å². The molecule has 0 atom stereocenters. The van der Waals surface area contributed by atoms with Gasteiger partial charge in [-0.3, -0.25) is 0 Å². The fourth-order valence-electron chi connectivity index (χ4n) is 1.32. The molecule has 0 aliphatic rings. The number of H-pyrrole nitrogens is 2. The second-order valence-corrected chi connectivity index (χ2v) is 3.25. The van der Waals surface area contributed by atoms with Gasteiger partial charge in [0.1, 0.15) is 24.8 Å². The van der Waals surface area contributed by atoms with Gasteiger partial charge in [-0.25, -0.2) is 19.1 Å². The number of aromatic amines is 2. The Hall–Kier alpha value is -1.84. The van der Waals surface area contributed by atoms with Crippen LogP contribution < -0.4 is 9.13 Å². The first-order chi connectivity index (χ1) is 6.77. The molecule has 0 saturated carbocycles. The summed E-state index contributed by atoms with van der Waals surface area (Å²) in [6, 6.07) is 0. The van der Waals surface area contributed by atoms with Crippen molar-refractivity contribution in [3.63, 3.8) is 0 Å². The van der Waals surface area contributed by atoms with Crippen LogP contribution in [-0.2, 0) is 14.1 Å². The average Bonchev–Trinajstić information content (AvgIpc) is 2.72. The van der Waals surface area contributed by atoms with Crippen molar-refractivity contribution in [1.82, 2.24) is 9.97 Å². The highest BCUT2D eigenvalue weighted by molar-refractivity contribution is 5.60. The molecule has 4 nitrogen and oxygen atoms in total. The first-order valence-electron chi connectivity index (χ1n) is 4.51. The van der Waals surface area contributed by atoms with Crippen molar-refractivity contribution in [3.05, 3.63) is 36.4 Å². The van der Waals surface area contributed by atoms with Crippen LogP contribution in [0.5, 0.6) is 0 Å². The molecule has 0 aromatic carbocycles. The molecule has 0 bridgehead atoms. The zero-order valence-corrected chi connectivity index (χ0v) is 8.36. The van der Waals surface area contributed by atoms with Crippen LogP contribution in [0.3, 0.4) is 0 Å². The van der Waals surface area contributed by atoms with Crippen LogP contribution in [-0.4, -0.2) is 9.97 Å². The Labute approximate surface area is 82.5 Å². The van der Waals surface area contributed by atoms with E-state index in [9.17, 15) is 0 Å². The number of nitrogens with zero attached hydrogens (tertiary/aromatic N) is 2. The summed E-state index contributed by atoms with van der Waals surface area (Å²) in [7, 11) is 4.01. The van der Waals surface area contributed by atoms with Crippen molar-refractivity contribution < 1.29 is 9.13 Å². The van der Waals surface area contributed by atoms with Gasteiger partial charge in [-0.1, -0.05) is 0 Å². The molecule has 14 heavy (non-hydrogen) atoms. The van der Waals surface area contributed by atoms with Crippen molar-refractivity contribution in [2.45, 2.75) is 0 Å². The molecule has 0 aliphatic heterocycles. The smallest absolute Gasteiger partial charge is 0.244 e. The zero-order valence-electron chi connectivity index (χ0n) is 8.36. The monoisotopic (exact) mass is 190 g/mol. The van der Waals surface area contributed by atoms with Gasteiger partial charge in [-0.2, -0.15) is 0 Å². The summed E-state index contributed by atoms with van der Waals surface area (Å²) in [4.78, 5) is 6.28. The second kappa shape index (κ2) is 3.49. The average molecular weight is 190 g/mol. The summed E-state index contributed by atoms with van der Waals surface area (Å²) in [5, 5.41) is 0.